The zero-order valence-corrected chi connectivity index (χ0v) is 9.85. The summed E-state index contributed by atoms with van der Waals surface area (Å²) in [5.41, 5.74) is 2.14. The smallest absolute Gasteiger partial charge is 0.228 e. The molecule has 0 radical (unpaired) electrons. The van der Waals surface area contributed by atoms with E-state index in [4.69, 9.17) is 0 Å². The lowest BCUT2D eigenvalue weighted by molar-refractivity contribution is 0.589. The van der Waals surface area contributed by atoms with Gasteiger partial charge in [0.2, 0.25) is 8.40 Å². The Kier molecular flexibility index (Phi) is 5.45. The molecule has 0 aromatic rings. The van der Waals surface area contributed by atoms with E-state index in [-0.39, 0.29) is 0 Å². The Morgan fingerprint density at radius 1 is 1.42 bits per heavy atom. The normalized spacial score (nSPS) is 16.1. The fourth-order valence-corrected chi connectivity index (χ4v) is 4.54. The first kappa shape index (κ1) is 11.9. The molecule has 0 aliphatic heterocycles. The van der Waals surface area contributed by atoms with E-state index in [1.165, 1.54) is 12.5 Å². The number of nitrogens with zero attached hydrogens (tertiary/aromatic N) is 1. The lowest BCUT2D eigenvalue weighted by atomic mass is 10.6. The van der Waals surface area contributed by atoms with Gasteiger partial charge in [-0.3, -0.25) is 0 Å². The van der Waals surface area contributed by atoms with Crippen molar-refractivity contribution < 1.29 is 0 Å². The van der Waals surface area contributed by atoms with E-state index in [0.717, 1.165) is 6.54 Å². The van der Waals surface area contributed by atoms with Crippen LogP contribution in [-0.4, -0.2) is 33.6 Å². The zero-order chi connectivity index (χ0) is 9.61. The maximum absolute atomic E-state index is 3.95. The first-order valence-corrected chi connectivity index (χ1v) is 6.92. The molecule has 0 aliphatic carbocycles. The minimum atomic E-state index is -1.50. The van der Waals surface area contributed by atoms with Crippen LogP contribution < -0.4 is 4.98 Å². The van der Waals surface area contributed by atoms with Gasteiger partial charge in [-0.05, 0) is 26.7 Å². The summed E-state index contributed by atoms with van der Waals surface area (Å²) < 4.78 is 2.33. The lowest BCUT2D eigenvalue weighted by Gasteiger charge is -2.34. The summed E-state index contributed by atoms with van der Waals surface area (Å²) in [6, 6.07) is 1.25. The minimum absolute atomic E-state index is 1.04. The van der Waals surface area contributed by atoms with Crippen LogP contribution in [0.15, 0.2) is 12.3 Å². The molecule has 0 fully saturated rings. The molecule has 3 heteroatoms. The van der Waals surface area contributed by atoms with E-state index in [1.807, 2.05) is 0 Å². The second kappa shape index (κ2) is 5.51. The molecule has 0 spiro atoms. The van der Waals surface area contributed by atoms with Gasteiger partial charge in [-0.15, -0.1) is 6.58 Å². The van der Waals surface area contributed by atoms with E-state index < -0.39 is 8.40 Å². The topological polar surface area (TPSA) is 15.3 Å². The number of rotatable bonds is 6. The van der Waals surface area contributed by atoms with Gasteiger partial charge in [0.1, 0.15) is 0 Å². The fourth-order valence-electron chi connectivity index (χ4n) is 1.51. The lowest BCUT2D eigenvalue weighted by Crippen LogP contribution is -2.60. The summed E-state index contributed by atoms with van der Waals surface area (Å²) in [4.78, 5) is 3.59. The largest absolute Gasteiger partial charge is 0.322 e. The molecule has 0 saturated carbocycles. The van der Waals surface area contributed by atoms with E-state index >= 15 is 0 Å². The van der Waals surface area contributed by atoms with Gasteiger partial charge in [-0.2, -0.15) is 0 Å². The molecule has 0 heterocycles. The molecule has 0 aliphatic rings. The summed E-state index contributed by atoms with van der Waals surface area (Å²) in [5.74, 6) is 0. The highest BCUT2D eigenvalue weighted by atomic mass is 28.3. The number of nitrogens with one attached hydrogen (secondary N) is 1. The van der Waals surface area contributed by atoms with Crippen LogP contribution >= 0.6 is 0 Å². The summed E-state index contributed by atoms with van der Waals surface area (Å²) in [6.07, 6.45) is 1.23. The molecule has 2 nitrogen and oxygen atoms in total. The van der Waals surface area contributed by atoms with E-state index in [2.05, 4.69) is 49.8 Å². The quantitative estimate of drug-likeness (QED) is 0.636. The Morgan fingerprint density at radius 2 is 2.00 bits per heavy atom. The van der Waals surface area contributed by atoms with E-state index in [1.54, 1.807) is 0 Å². The van der Waals surface area contributed by atoms with Crippen molar-refractivity contribution in [3.05, 3.63) is 12.3 Å². The van der Waals surface area contributed by atoms with Crippen molar-refractivity contribution in [2.45, 2.75) is 26.3 Å². The van der Waals surface area contributed by atoms with Crippen LogP contribution in [0.1, 0.15) is 20.3 Å². The fraction of sp³-hybridized carbons (Fsp3) is 0.778. The Labute approximate surface area is 77.8 Å². The molecule has 0 aromatic heterocycles. The third-order valence-electron chi connectivity index (χ3n) is 2.25. The maximum atomic E-state index is 3.95. The van der Waals surface area contributed by atoms with Crippen molar-refractivity contribution in [2.75, 3.05) is 20.6 Å². The first-order chi connectivity index (χ1) is 5.63. The predicted molar refractivity (Wildman–Crippen MR) is 58.4 cm³/mol. The van der Waals surface area contributed by atoms with Crippen LogP contribution in [-0.2, 0) is 0 Å². The first-order valence-electron chi connectivity index (χ1n) is 4.69. The molecule has 1 atom stereocenters. The molecular weight excluding hydrogens is 164 g/mol. The third kappa shape index (κ3) is 2.73. The Hall–Kier alpha value is -0.123. The van der Waals surface area contributed by atoms with Crippen LogP contribution in [0.25, 0.3) is 0 Å². The predicted octanol–water partition coefficient (Wildman–Crippen LogP) is 1.73. The van der Waals surface area contributed by atoms with Gasteiger partial charge in [0.25, 0.3) is 0 Å². The molecule has 0 aromatic carbocycles. The highest BCUT2D eigenvalue weighted by Gasteiger charge is 2.30. The molecule has 72 valence electrons. The Balaban J connectivity index is 4.38. The minimum Gasteiger partial charge on any atom is -0.322 e. The monoisotopic (exact) mass is 186 g/mol. The van der Waals surface area contributed by atoms with E-state index in [9.17, 15) is 0 Å². The van der Waals surface area contributed by atoms with Crippen LogP contribution in [0.5, 0.6) is 0 Å². The van der Waals surface area contributed by atoms with Crippen molar-refractivity contribution in [1.29, 1.82) is 0 Å². The molecule has 0 rings (SSSR count). The molecule has 0 saturated heterocycles. The van der Waals surface area contributed by atoms with Gasteiger partial charge in [0.05, 0.1) is 0 Å². The third-order valence-corrected chi connectivity index (χ3v) is 6.75. The standard InChI is InChI=1S/C9H22N2Si/c1-6-9-12(8-3,10-7-2)11(4)5/h8,10H,3,6-7,9H2,1-2,4-5H3. The van der Waals surface area contributed by atoms with Crippen molar-refractivity contribution in [2.24, 2.45) is 0 Å². The van der Waals surface area contributed by atoms with Crippen molar-refractivity contribution >= 4 is 8.40 Å². The van der Waals surface area contributed by atoms with Gasteiger partial charge in [-0.1, -0.05) is 26.0 Å². The van der Waals surface area contributed by atoms with Crippen LogP contribution in [0, 0.1) is 0 Å². The van der Waals surface area contributed by atoms with Gasteiger partial charge < -0.3 is 9.55 Å². The zero-order valence-electron chi connectivity index (χ0n) is 8.85. The SMILES string of the molecule is C=C[Si](CCC)(NCC)N(C)C. The van der Waals surface area contributed by atoms with Gasteiger partial charge >= 0.3 is 0 Å². The van der Waals surface area contributed by atoms with Gasteiger partial charge in [-0.25, -0.2) is 0 Å². The average Bonchev–Trinajstić information content (AvgIpc) is 2.03. The van der Waals surface area contributed by atoms with Crippen molar-refractivity contribution in [1.82, 2.24) is 9.55 Å². The average molecular weight is 186 g/mol. The second-order valence-corrected chi connectivity index (χ2v) is 7.31. The van der Waals surface area contributed by atoms with Crippen LogP contribution in [0.2, 0.25) is 6.04 Å². The molecule has 12 heavy (non-hydrogen) atoms. The van der Waals surface area contributed by atoms with Gasteiger partial charge in [0.15, 0.2) is 0 Å². The highest BCUT2D eigenvalue weighted by molar-refractivity contribution is 6.79. The number of hydrogen-bond acceptors (Lipinski definition) is 2. The maximum Gasteiger partial charge on any atom is 0.228 e. The van der Waals surface area contributed by atoms with Crippen LogP contribution in [0.3, 0.4) is 0 Å². The molecular formula is C9H22N2Si. The Bertz CT molecular complexity index is 128. The van der Waals surface area contributed by atoms with Crippen molar-refractivity contribution in [3.63, 3.8) is 0 Å². The summed E-state index contributed by atoms with van der Waals surface area (Å²) in [5, 5.41) is 0. The molecule has 1 N–H and O–H groups in total. The highest BCUT2D eigenvalue weighted by Crippen LogP contribution is 2.12. The summed E-state index contributed by atoms with van der Waals surface area (Å²) >= 11 is 0. The number of hydrogen-bond donors (Lipinski definition) is 1. The van der Waals surface area contributed by atoms with E-state index in [0.29, 0.717) is 0 Å². The second-order valence-electron chi connectivity index (χ2n) is 3.30. The molecule has 1 unspecified atom stereocenters. The molecule has 0 bridgehead atoms. The Morgan fingerprint density at radius 3 is 2.25 bits per heavy atom. The summed E-state index contributed by atoms with van der Waals surface area (Å²) in [6.45, 7) is 9.37. The van der Waals surface area contributed by atoms with Crippen molar-refractivity contribution in [3.8, 4) is 0 Å². The van der Waals surface area contributed by atoms with Crippen LogP contribution in [0.4, 0.5) is 0 Å². The van der Waals surface area contributed by atoms with Gasteiger partial charge in [0, 0.05) is 0 Å². The molecule has 0 amide bonds. The summed E-state index contributed by atoms with van der Waals surface area (Å²) in [7, 11) is 2.79.